The molecule has 1 aliphatic rings. The molecule has 0 amide bonds. The van der Waals surface area contributed by atoms with Crippen LogP contribution in [0.25, 0.3) is 12.2 Å². The molecule has 4 heteroatoms. The Morgan fingerprint density at radius 3 is 2.32 bits per heavy atom. The largest absolute Gasteiger partial charge is 0.508 e. The normalized spacial score (nSPS) is 18.6. The lowest BCUT2D eigenvalue weighted by atomic mass is 9.81. The van der Waals surface area contributed by atoms with Gasteiger partial charge in [-0.25, -0.2) is 0 Å². The monoisotopic (exact) mass is 375 g/mol. The molecule has 4 nitrogen and oxygen atoms in total. The van der Waals surface area contributed by atoms with E-state index in [0.717, 1.165) is 28.8 Å². The summed E-state index contributed by atoms with van der Waals surface area (Å²) >= 11 is 0. The van der Waals surface area contributed by atoms with Crippen LogP contribution in [0, 0.1) is 5.92 Å². The van der Waals surface area contributed by atoms with Crippen molar-refractivity contribution in [2.45, 2.75) is 19.3 Å². The number of rotatable bonds is 5. The summed E-state index contributed by atoms with van der Waals surface area (Å²) in [7, 11) is 3.97. The number of anilines is 1. The molecular weight excluding hydrogens is 350 g/mol. The van der Waals surface area contributed by atoms with Crippen LogP contribution in [0.1, 0.15) is 30.4 Å². The quantitative estimate of drug-likeness (QED) is 0.618. The van der Waals surface area contributed by atoms with Gasteiger partial charge in [-0.05, 0) is 72.4 Å². The number of Topliss-reactive ketones (excluding diaryl/α,β-unsaturated/α-hetero) is 1. The number of carbonyl (C=O) groups is 2. The maximum atomic E-state index is 12.8. The fourth-order valence-electron chi connectivity index (χ4n) is 3.34. The van der Waals surface area contributed by atoms with Crippen LogP contribution < -0.4 is 4.90 Å². The van der Waals surface area contributed by atoms with Crippen molar-refractivity contribution >= 4 is 29.4 Å². The Morgan fingerprint density at radius 2 is 1.68 bits per heavy atom. The molecule has 1 fully saturated rings. The molecule has 1 atom stereocenters. The van der Waals surface area contributed by atoms with Crippen LogP contribution in [0.3, 0.4) is 0 Å². The third-order valence-corrected chi connectivity index (χ3v) is 5.00. The van der Waals surface area contributed by atoms with Crippen LogP contribution in [0.2, 0.25) is 0 Å². The van der Waals surface area contributed by atoms with Gasteiger partial charge in [0.25, 0.3) is 0 Å². The summed E-state index contributed by atoms with van der Waals surface area (Å²) in [6, 6.07) is 14.6. The molecule has 28 heavy (non-hydrogen) atoms. The predicted octanol–water partition coefficient (Wildman–Crippen LogP) is 4.49. The molecule has 1 aliphatic carbocycles. The second-order valence-corrected chi connectivity index (χ2v) is 7.29. The number of hydrogen-bond acceptors (Lipinski definition) is 4. The number of ketones is 2. The number of allylic oxidation sites excluding steroid dienone is 2. The highest BCUT2D eigenvalue weighted by Gasteiger charge is 2.30. The Kier molecular flexibility index (Phi) is 6.09. The van der Waals surface area contributed by atoms with Gasteiger partial charge in [-0.1, -0.05) is 30.3 Å². The van der Waals surface area contributed by atoms with Gasteiger partial charge in [0.15, 0.2) is 11.6 Å². The van der Waals surface area contributed by atoms with Crippen LogP contribution in [0.4, 0.5) is 5.69 Å². The minimum Gasteiger partial charge on any atom is -0.508 e. The van der Waals surface area contributed by atoms with E-state index in [9.17, 15) is 14.7 Å². The highest BCUT2D eigenvalue weighted by molar-refractivity contribution is 6.16. The standard InChI is InChI=1S/C24H25NO3/c1-25(2)20-11-6-18(7-12-20)16-19-4-3-5-22(24(19)28)23(27)15-10-17-8-13-21(26)14-9-17/h6-16,22,26H,3-5H2,1-2H3/b15-10+,19-16-. The van der Waals surface area contributed by atoms with Crippen LogP contribution in [-0.4, -0.2) is 30.8 Å². The summed E-state index contributed by atoms with van der Waals surface area (Å²) < 4.78 is 0. The van der Waals surface area contributed by atoms with Crippen molar-refractivity contribution in [3.8, 4) is 5.75 Å². The topological polar surface area (TPSA) is 57.6 Å². The summed E-state index contributed by atoms with van der Waals surface area (Å²) in [6.45, 7) is 0. The number of carbonyl (C=O) groups excluding carboxylic acids is 2. The number of hydrogen-bond donors (Lipinski definition) is 1. The first kappa shape index (κ1) is 19.6. The fraction of sp³-hybridized carbons (Fsp3) is 0.250. The lowest BCUT2D eigenvalue weighted by molar-refractivity contribution is -0.129. The molecule has 1 saturated carbocycles. The molecule has 2 aromatic rings. The van der Waals surface area contributed by atoms with Crippen molar-refractivity contribution in [1.82, 2.24) is 0 Å². The van der Waals surface area contributed by atoms with Gasteiger partial charge in [0.1, 0.15) is 5.75 Å². The summed E-state index contributed by atoms with van der Waals surface area (Å²) in [5.41, 5.74) is 3.61. The first-order chi connectivity index (χ1) is 13.4. The first-order valence-electron chi connectivity index (χ1n) is 9.47. The molecule has 0 heterocycles. The van der Waals surface area contributed by atoms with E-state index in [-0.39, 0.29) is 17.3 Å². The molecule has 0 aromatic heterocycles. The minimum atomic E-state index is -0.602. The number of nitrogens with zero attached hydrogens (tertiary/aromatic N) is 1. The van der Waals surface area contributed by atoms with Crippen LogP contribution >= 0.6 is 0 Å². The molecule has 144 valence electrons. The molecule has 0 bridgehead atoms. The van der Waals surface area contributed by atoms with Crippen molar-refractivity contribution in [3.05, 3.63) is 71.3 Å². The predicted molar refractivity (Wildman–Crippen MR) is 113 cm³/mol. The van der Waals surface area contributed by atoms with E-state index in [1.54, 1.807) is 30.3 Å². The van der Waals surface area contributed by atoms with E-state index >= 15 is 0 Å². The molecule has 0 spiro atoms. The molecule has 0 aliphatic heterocycles. The van der Waals surface area contributed by atoms with Gasteiger partial charge in [0, 0.05) is 19.8 Å². The Hall–Kier alpha value is -3.14. The maximum Gasteiger partial charge on any atom is 0.169 e. The van der Waals surface area contributed by atoms with Crippen LogP contribution in [0.15, 0.2) is 60.2 Å². The Morgan fingerprint density at radius 1 is 1.04 bits per heavy atom. The van der Waals surface area contributed by atoms with Gasteiger partial charge in [-0.3, -0.25) is 9.59 Å². The number of benzene rings is 2. The summed E-state index contributed by atoms with van der Waals surface area (Å²) in [6.07, 6.45) is 7.20. The molecule has 0 saturated heterocycles. The van der Waals surface area contributed by atoms with Gasteiger partial charge in [0.05, 0.1) is 5.92 Å². The molecule has 1 unspecified atom stereocenters. The molecule has 0 radical (unpaired) electrons. The van der Waals surface area contributed by atoms with Gasteiger partial charge >= 0.3 is 0 Å². The van der Waals surface area contributed by atoms with Crippen molar-refractivity contribution < 1.29 is 14.7 Å². The van der Waals surface area contributed by atoms with Crippen molar-refractivity contribution in [2.75, 3.05) is 19.0 Å². The van der Waals surface area contributed by atoms with E-state index in [4.69, 9.17) is 0 Å². The smallest absolute Gasteiger partial charge is 0.169 e. The van der Waals surface area contributed by atoms with Gasteiger partial charge in [0.2, 0.25) is 0 Å². The van der Waals surface area contributed by atoms with E-state index < -0.39 is 5.92 Å². The SMILES string of the molecule is CN(C)c1ccc(/C=C2/CCCC(C(=O)/C=C/c3ccc(O)cc3)C2=O)cc1. The van der Waals surface area contributed by atoms with E-state index in [1.807, 2.05) is 49.3 Å². The minimum absolute atomic E-state index is 0.0664. The third kappa shape index (κ3) is 4.77. The Labute approximate surface area is 165 Å². The second kappa shape index (κ2) is 8.70. The molecule has 3 rings (SSSR count). The van der Waals surface area contributed by atoms with Crippen molar-refractivity contribution in [2.24, 2.45) is 5.92 Å². The van der Waals surface area contributed by atoms with Gasteiger partial charge in [-0.2, -0.15) is 0 Å². The maximum absolute atomic E-state index is 12.8. The zero-order valence-corrected chi connectivity index (χ0v) is 16.3. The van der Waals surface area contributed by atoms with Gasteiger partial charge < -0.3 is 10.0 Å². The molecular formula is C24H25NO3. The van der Waals surface area contributed by atoms with Crippen molar-refractivity contribution in [3.63, 3.8) is 0 Å². The number of phenolic OH excluding ortho intramolecular Hbond substituents is 1. The summed E-state index contributed by atoms with van der Waals surface area (Å²) in [5, 5.41) is 9.32. The van der Waals surface area contributed by atoms with E-state index in [1.165, 1.54) is 6.08 Å². The highest BCUT2D eigenvalue weighted by atomic mass is 16.3. The second-order valence-electron chi connectivity index (χ2n) is 7.29. The molecule has 1 N–H and O–H groups in total. The lowest BCUT2D eigenvalue weighted by Gasteiger charge is -2.21. The zero-order valence-electron chi connectivity index (χ0n) is 16.3. The zero-order chi connectivity index (χ0) is 20.1. The highest BCUT2D eigenvalue weighted by Crippen LogP contribution is 2.28. The van der Waals surface area contributed by atoms with E-state index in [2.05, 4.69) is 0 Å². The number of phenols is 1. The average molecular weight is 375 g/mol. The van der Waals surface area contributed by atoms with Crippen LogP contribution in [-0.2, 0) is 9.59 Å². The average Bonchev–Trinajstić information content (AvgIpc) is 2.69. The lowest BCUT2D eigenvalue weighted by Crippen LogP contribution is -2.27. The third-order valence-electron chi connectivity index (χ3n) is 5.00. The Bertz CT molecular complexity index is 906. The fourth-order valence-corrected chi connectivity index (χ4v) is 3.34. The van der Waals surface area contributed by atoms with Crippen LogP contribution in [0.5, 0.6) is 5.75 Å². The summed E-state index contributed by atoms with van der Waals surface area (Å²) in [4.78, 5) is 27.4. The van der Waals surface area contributed by atoms with Crippen molar-refractivity contribution in [1.29, 1.82) is 0 Å². The van der Waals surface area contributed by atoms with E-state index in [0.29, 0.717) is 12.8 Å². The first-order valence-corrected chi connectivity index (χ1v) is 9.47. The number of aromatic hydroxyl groups is 1. The molecule has 2 aromatic carbocycles. The van der Waals surface area contributed by atoms with Gasteiger partial charge in [-0.15, -0.1) is 0 Å². The Balaban J connectivity index is 1.72. The summed E-state index contributed by atoms with van der Waals surface area (Å²) in [5.74, 6) is -0.649.